The smallest absolute Gasteiger partial charge is 0.255 e. The van der Waals surface area contributed by atoms with Gasteiger partial charge in [0.1, 0.15) is 12.4 Å². The summed E-state index contributed by atoms with van der Waals surface area (Å²) in [7, 11) is 0. The normalized spacial score (nSPS) is 15.7. The molecule has 0 saturated carbocycles. The number of benzene rings is 4. The van der Waals surface area contributed by atoms with Crippen LogP contribution in [0.15, 0.2) is 84.9 Å². The zero-order chi connectivity index (χ0) is 25.7. The first-order valence-corrected chi connectivity index (χ1v) is 13.4. The molecule has 194 valence electrons. The fourth-order valence-corrected chi connectivity index (χ4v) is 5.37. The molecule has 1 amide bonds. The highest BCUT2D eigenvalue weighted by atomic mass is 16.5. The van der Waals surface area contributed by atoms with E-state index in [-0.39, 0.29) is 5.91 Å². The van der Waals surface area contributed by atoms with Crippen LogP contribution in [0, 0.1) is 0 Å². The Hall–Kier alpha value is -3.87. The number of nitrogens with one attached hydrogen (secondary N) is 1. The first-order chi connectivity index (χ1) is 18.7. The van der Waals surface area contributed by atoms with E-state index in [4.69, 9.17) is 9.47 Å². The molecule has 0 aromatic heterocycles. The van der Waals surface area contributed by atoms with Crippen molar-refractivity contribution in [2.75, 3.05) is 56.2 Å². The third-order valence-corrected chi connectivity index (χ3v) is 7.51. The second-order valence-electron chi connectivity index (χ2n) is 9.90. The molecule has 0 atom stereocenters. The number of ether oxygens (including phenoxy) is 2. The van der Waals surface area contributed by atoms with E-state index in [1.54, 1.807) is 0 Å². The predicted molar refractivity (Wildman–Crippen MR) is 152 cm³/mol. The number of carbonyl (C=O) groups is 1. The van der Waals surface area contributed by atoms with Gasteiger partial charge in [-0.15, -0.1) is 0 Å². The highest BCUT2D eigenvalue weighted by molar-refractivity contribution is 6.10. The molecule has 6 heteroatoms. The van der Waals surface area contributed by atoms with Gasteiger partial charge >= 0.3 is 0 Å². The average molecular weight is 508 g/mol. The van der Waals surface area contributed by atoms with Gasteiger partial charge in [-0.2, -0.15) is 0 Å². The number of nitrogens with zero attached hydrogens (tertiary/aromatic N) is 2. The lowest BCUT2D eigenvalue weighted by atomic mass is 9.99. The Morgan fingerprint density at radius 3 is 2.50 bits per heavy atom. The topological polar surface area (TPSA) is 54.0 Å². The minimum Gasteiger partial charge on any atom is -0.492 e. The number of hydrogen-bond acceptors (Lipinski definition) is 5. The van der Waals surface area contributed by atoms with Gasteiger partial charge in [-0.1, -0.05) is 54.6 Å². The molecule has 0 radical (unpaired) electrons. The summed E-state index contributed by atoms with van der Waals surface area (Å²) in [6, 6.07) is 28.5. The molecule has 2 aliphatic heterocycles. The third kappa shape index (κ3) is 5.37. The molecule has 0 spiro atoms. The second kappa shape index (κ2) is 11.3. The molecular weight excluding hydrogens is 474 g/mol. The van der Waals surface area contributed by atoms with E-state index in [1.807, 2.05) is 54.6 Å². The molecule has 0 aliphatic carbocycles. The average Bonchev–Trinajstić information content (AvgIpc) is 2.98. The SMILES string of the molecule is O=C(Nc1ccc(OCCN2CCOCC2)c2ccccc12)c1cccc(N2CCc3ccccc3C2)c1. The Balaban J connectivity index is 1.16. The van der Waals surface area contributed by atoms with Crippen LogP contribution in [0.1, 0.15) is 21.5 Å². The largest absolute Gasteiger partial charge is 0.492 e. The van der Waals surface area contributed by atoms with Crippen LogP contribution in [-0.2, 0) is 17.7 Å². The summed E-state index contributed by atoms with van der Waals surface area (Å²) in [5.74, 6) is 0.717. The maximum Gasteiger partial charge on any atom is 0.255 e. The quantitative estimate of drug-likeness (QED) is 0.365. The van der Waals surface area contributed by atoms with Crippen molar-refractivity contribution < 1.29 is 14.3 Å². The Morgan fingerprint density at radius 2 is 1.63 bits per heavy atom. The van der Waals surface area contributed by atoms with Gasteiger partial charge in [-0.3, -0.25) is 9.69 Å². The molecule has 2 heterocycles. The van der Waals surface area contributed by atoms with Crippen molar-refractivity contribution in [3.05, 3.63) is 102 Å². The van der Waals surface area contributed by atoms with Crippen molar-refractivity contribution in [2.45, 2.75) is 13.0 Å². The summed E-state index contributed by atoms with van der Waals surface area (Å²) >= 11 is 0. The molecule has 6 rings (SSSR count). The molecule has 1 saturated heterocycles. The monoisotopic (exact) mass is 507 g/mol. The van der Waals surface area contributed by atoms with E-state index >= 15 is 0 Å². The zero-order valence-corrected chi connectivity index (χ0v) is 21.6. The number of hydrogen-bond donors (Lipinski definition) is 1. The van der Waals surface area contributed by atoms with Crippen LogP contribution in [0.25, 0.3) is 10.8 Å². The van der Waals surface area contributed by atoms with E-state index < -0.39 is 0 Å². The predicted octanol–water partition coefficient (Wildman–Crippen LogP) is 5.37. The number of anilines is 2. The van der Waals surface area contributed by atoms with Gasteiger partial charge in [-0.05, 0) is 47.9 Å². The van der Waals surface area contributed by atoms with Crippen LogP contribution in [0.4, 0.5) is 11.4 Å². The van der Waals surface area contributed by atoms with Crippen molar-refractivity contribution >= 4 is 28.1 Å². The summed E-state index contributed by atoms with van der Waals surface area (Å²) in [6.07, 6.45) is 1.01. The van der Waals surface area contributed by atoms with Crippen molar-refractivity contribution in [3.63, 3.8) is 0 Å². The summed E-state index contributed by atoms with van der Waals surface area (Å²) in [4.78, 5) is 18.0. The summed E-state index contributed by atoms with van der Waals surface area (Å²) in [5, 5.41) is 5.11. The van der Waals surface area contributed by atoms with Crippen LogP contribution < -0.4 is 15.0 Å². The van der Waals surface area contributed by atoms with Gasteiger partial charge in [0.25, 0.3) is 5.91 Å². The summed E-state index contributed by atoms with van der Waals surface area (Å²) in [5.41, 5.74) is 5.27. The van der Waals surface area contributed by atoms with Crippen LogP contribution in [-0.4, -0.2) is 56.8 Å². The zero-order valence-electron chi connectivity index (χ0n) is 21.6. The molecule has 6 nitrogen and oxygen atoms in total. The third-order valence-electron chi connectivity index (χ3n) is 7.51. The van der Waals surface area contributed by atoms with Crippen LogP contribution in [0.3, 0.4) is 0 Å². The minimum atomic E-state index is -0.115. The van der Waals surface area contributed by atoms with E-state index in [1.165, 1.54) is 11.1 Å². The van der Waals surface area contributed by atoms with Gasteiger partial charge in [0.05, 0.1) is 13.2 Å². The highest BCUT2D eigenvalue weighted by Crippen LogP contribution is 2.32. The van der Waals surface area contributed by atoms with Gasteiger partial charge in [0.15, 0.2) is 0 Å². The molecule has 0 bridgehead atoms. The van der Waals surface area contributed by atoms with E-state index in [2.05, 4.69) is 45.4 Å². The van der Waals surface area contributed by atoms with E-state index in [0.29, 0.717) is 12.2 Å². The molecular formula is C32H33N3O3. The number of amides is 1. The van der Waals surface area contributed by atoms with Crippen LogP contribution >= 0.6 is 0 Å². The lowest BCUT2D eigenvalue weighted by molar-refractivity contribution is 0.0323. The van der Waals surface area contributed by atoms with Gasteiger partial charge < -0.3 is 19.7 Å². The number of carbonyl (C=O) groups excluding carboxylic acids is 1. The van der Waals surface area contributed by atoms with Gasteiger partial charge in [0, 0.05) is 60.4 Å². The molecule has 4 aromatic rings. The van der Waals surface area contributed by atoms with Crippen LogP contribution in [0.5, 0.6) is 5.75 Å². The van der Waals surface area contributed by atoms with Crippen molar-refractivity contribution in [1.82, 2.24) is 4.90 Å². The lowest BCUT2D eigenvalue weighted by Gasteiger charge is -2.31. The van der Waals surface area contributed by atoms with Crippen molar-refractivity contribution in [3.8, 4) is 5.75 Å². The summed E-state index contributed by atoms with van der Waals surface area (Å²) in [6.45, 7) is 6.75. The van der Waals surface area contributed by atoms with E-state index in [0.717, 1.165) is 80.3 Å². The van der Waals surface area contributed by atoms with Gasteiger partial charge in [0.2, 0.25) is 0 Å². The molecule has 1 N–H and O–H groups in total. The Bertz CT molecular complexity index is 1430. The van der Waals surface area contributed by atoms with Crippen LogP contribution in [0.2, 0.25) is 0 Å². The fraction of sp³-hybridized carbons (Fsp3) is 0.281. The molecule has 2 aliphatic rings. The van der Waals surface area contributed by atoms with Crippen molar-refractivity contribution in [2.24, 2.45) is 0 Å². The van der Waals surface area contributed by atoms with E-state index in [9.17, 15) is 4.79 Å². The number of morpholine rings is 1. The highest BCUT2D eigenvalue weighted by Gasteiger charge is 2.18. The van der Waals surface area contributed by atoms with Crippen molar-refractivity contribution in [1.29, 1.82) is 0 Å². The summed E-state index contributed by atoms with van der Waals surface area (Å²) < 4.78 is 11.6. The lowest BCUT2D eigenvalue weighted by Crippen LogP contribution is -2.38. The number of rotatable bonds is 7. The maximum atomic E-state index is 13.3. The Kier molecular flexibility index (Phi) is 7.25. The van der Waals surface area contributed by atoms with Gasteiger partial charge in [-0.25, -0.2) is 0 Å². The first-order valence-electron chi connectivity index (χ1n) is 13.4. The Morgan fingerprint density at radius 1 is 0.842 bits per heavy atom. The molecule has 4 aromatic carbocycles. The Labute approximate surface area is 223 Å². The molecule has 38 heavy (non-hydrogen) atoms. The standard InChI is InChI=1S/C32H33N3O3/c36-32(25-8-5-9-27(22-25)35-15-14-24-6-1-2-7-26(24)23-35)33-30-12-13-31(29-11-4-3-10-28(29)30)38-21-18-34-16-19-37-20-17-34/h1-13,22H,14-21,23H2,(H,33,36). The molecule has 0 unspecified atom stereocenters. The first kappa shape index (κ1) is 24.5. The number of fused-ring (bicyclic) bond motifs is 2. The fourth-order valence-electron chi connectivity index (χ4n) is 5.37. The molecule has 1 fully saturated rings. The second-order valence-corrected chi connectivity index (χ2v) is 9.90. The minimum absolute atomic E-state index is 0.115. The maximum absolute atomic E-state index is 13.3.